The topological polar surface area (TPSA) is 70.8 Å². The SMILES string of the molecule is O=C(O)CCCCCN1C(=O)C(=Cc2ccc(-c3ccc(Br)c(F)c3)o2)SC1=S. The van der Waals surface area contributed by atoms with Crippen molar-refractivity contribution in [2.45, 2.75) is 25.7 Å². The molecule has 1 aromatic heterocycles. The molecule has 29 heavy (non-hydrogen) atoms. The van der Waals surface area contributed by atoms with Crippen LogP contribution in [0.5, 0.6) is 0 Å². The average Bonchev–Trinajstić information content (AvgIpc) is 3.23. The van der Waals surface area contributed by atoms with Crippen LogP contribution in [0.3, 0.4) is 0 Å². The Hall–Kier alpha value is -1.97. The fraction of sp³-hybridized carbons (Fsp3) is 0.250. The Morgan fingerprint density at radius 1 is 1.28 bits per heavy atom. The van der Waals surface area contributed by atoms with Gasteiger partial charge in [0.2, 0.25) is 0 Å². The maximum Gasteiger partial charge on any atom is 0.303 e. The van der Waals surface area contributed by atoms with Gasteiger partial charge in [-0.15, -0.1) is 0 Å². The van der Waals surface area contributed by atoms with E-state index >= 15 is 0 Å². The molecule has 0 unspecified atom stereocenters. The summed E-state index contributed by atoms with van der Waals surface area (Å²) in [4.78, 5) is 25.1. The normalized spacial score (nSPS) is 15.5. The summed E-state index contributed by atoms with van der Waals surface area (Å²) in [6, 6.07) is 8.15. The molecule has 3 rings (SSSR count). The Morgan fingerprint density at radius 3 is 2.79 bits per heavy atom. The standard InChI is InChI=1S/C20H17BrFNO4S2/c21-14-7-5-12(10-15(14)22)16-8-6-13(27-16)11-17-19(26)23(20(28)29-17)9-3-1-2-4-18(24)25/h5-8,10-11H,1-4,9H2,(H,24,25). The van der Waals surface area contributed by atoms with E-state index in [1.165, 1.54) is 22.7 Å². The molecular weight excluding hydrogens is 481 g/mol. The van der Waals surface area contributed by atoms with Crippen molar-refractivity contribution in [3.63, 3.8) is 0 Å². The highest BCUT2D eigenvalue weighted by molar-refractivity contribution is 9.10. The van der Waals surface area contributed by atoms with Gasteiger partial charge in [0.15, 0.2) is 0 Å². The minimum Gasteiger partial charge on any atom is -0.481 e. The Balaban J connectivity index is 1.64. The zero-order valence-corrected chi connectivity index (χ0v) is 18.4. The highest BCUT2D eigenvalue weighted by Crippen LogP contribution is 2.34. The molecule has 1 aliphatic heterocycles. The lowest BCUT2D eigenvalue weighted by Crippen LogP contribution is -2.29. The van der Waals surface area contributed by atoms with E-state index in [1.54, 1.807) is 30.3 Å². The predicted octanol–water partition coefficient (Wildman–Crippen LogP) is 5.69. The molecule has 1 N–H and O–H groups in total. The summed E-state index contributed by atoms with van der Waals surface area (Å²) in [5, 5.41) is 8.66. The third-order valence-corrected chi connectivity index (χ3v) is 6.27. The van der Waals surface area contributed by atoms with Gasteiger partial charge >= 0.3 is 5.97 Å². The summed E-state index contributed by atoms with van der Waals surface area (Å²) >= 11 is 9.62. The molecule has 1 aromatic carbocycles. The second-order valence-electron chi connectivity index (χ2n) is 6.37. The van der Waals surface area contributed by atoms with E-state index in [4.69, 9.17) is 21.7 Å². The number of carboxylic acids is 1. The summed E-state index contributed by atoms with van der Waals surface area (Å²) in [5.74, 6) is -0.417. The second kappa shape index (κ2) is 9.69. The molecule has 9 heteroatoms. The van der Waals surface area contributed by atoms with Gasteiger partial charge in [-0.05, 0) is 59.1 Å². The second-order valence-corrected chi connectivity index (χ2v) is 8.90. The molecule has 0 radical (unpaired) electrons. The fourth-order valence-corrected chi connectivity index (χ4v) is 4.32. The number of thioether (sulfide) groups is 1. The summed E-state index contributed by atoms with van der Waals surface area (Å²) in [7, 11) is 0. The molecule has 1 saturated heterocycles. The number of carboxylic acid groups (broad SMARTS) is 1. The number of benzene rings is 1. The summed E-state index contributed by atoms with van der Waals surface area (Å²) in [6.45, 7) is 0.462. The highest BCUT2D eigenvalue weighted by atomic mass is 79.9. The van der Waals surface area contributed by atoms with Crippen LogP contribution in [-0.2, 0) is 9.59 Å². The van der Waals surface area contributed by atoms with Crippen LogP contribution >= 0.6 is 39.9 Å². The maximum absolute atomic E-state index is 13.7. The number of halogens is 2. The summed E-state index contributed by atoms with van der Waals surface area (Å²) < 4.78 is 20.3. The molecule has 1 fully saturated rings. The van der Waals surface area contributed by atoms with Crippen LogP contribution < -0.4 is 0 Å². The van der Waals surface area contributed by atoms with Crippen molar-refractivity contribution in [2.24, 2.45) is 0 Å². The quantitative estimate of drug-likeness (QED) is 0.286. The van der Waals surface area contributed by atoms with E-state index in [0.717, 1.165) is 0 Å². The number of furan rings is 1. The number of aliphatic carboxylic acids is 1. The van der Waals surface area contributed by atoms with Crippen molar-refractivity contribution >= 4 is 62.2 Å². The van der Waals surface area contributed by atoms with Crippen molar-refractivity contribution in [1.29, 1.82) is 0 Å². The molecule has 1 aliphatic rings. The highest BCUT2D eigenvalue weighted by Gasteiger charge is 2.31. The molecule has 0 atom stereocenters. The van der Waals surface area contributed by atoms with Crippen molar-refractivity contribution in [3.8, 4) is 11.3 Å². The molecule has 152 valence electrons. The van der Waals surface area contributed by atoms with Gasteiger partial charge in [0.1, 0.15) is 21.7 Å². The number of nitrogens with zero attached hydrogens (tertiary/aromatic N) is 1. The Kier molecular flexibility index (Phi) is 7.26. The van der Waals surface area contributed by atoms with Gasteiger partial charge in [-0.3, -0.25) is 14.5 Å². The predicted molar refractivity (Wildman–Crippen MR) is 118 cm³/mol. The Labute approximate surface area is 185 Å². The Morgan fingerprint density at radius 2 is 2.07 bits per heavy atom. The first-order chi connectivity index (χ1) is 13.8. The minimum atomic E-state index is -0.817. The van der Waals surface area contributed by atoms with E-state index in [2.05, 4.69) is 15.9 Å². The maximum atomic E-state index is 13.7. The third kappa shape index (κ3) is 5.55. The van der Waals surface area contributed by atoms with Crippen molar-refractivity contribution in [1.82, 2.24) is 4.90 Å². The van der Waals surface area contributed by atoms with Gasteiger partial charge in [0.05, 0.1) is 9.38 Å². The molecule has 0 saturated carbocycles. The van der Waals surface area contributed by atoms with Crippen molar-refractivity contribution in [3.05, 3.63) is 51.3 Å². The van der Waals surface area contributed by atoms with E-state index in [9.17, 15) is 14.0 Å². The Bertz CT molecular complexity index is 989. The number of carbonyl (C=O) groups is 2. The summed E-state index contributed by atoms with van der Waals surface area (Å²) in [6.07, 6.45) is 3.73. The van der Waals surface area contributed by atoms with Gasteiger partial charge in [0.25, 0.3) is 5.91 Å². The monoisotopic (exact) mass is 497 g/mol. The van der Waals surface area contributed by atoms with Crippen LogP contribution in [-0.4, -0.2) is 32.7 Å². The first kappa shape index (κ1) is 21.7. The molecule has 0 spiro atoms. The van der Waals surface area contributed by atoms with Gasteiger partial charge < -0.3 is 9.52 Å². The molecule has 2 aromatic rings. The molecule has 0 bridgehead atoms. The van der Waals surface area contributed by atoms with Crippen LogP contribution in [0.1, 0.15) is 31.4 Å². The van der Waals surface area contributed by atoms with Crippen LogP contribution in [0.25, 0.3) is 17.4 Å². The van der Waals surface area contributed by atoms with Crippen molar-refractivity contribution < 1.29 is 23.5 Å². The smallest absolute Gasteiger partial charge is 0.303 e. The number of hydrogen-bond donors (Lipinski definition) is 1. The number of thiocarbonyl (C=S) groups is 1. The van der Waals surface area contributed by atoms with Crippen LogP contribution in [0.15, 0.2) is 44.1 Å². The molecule has 2 heterocycles. The number of carbonyl (C=O) groups excluding carboxylic acids is 1. The van der Waals surface area contributed by atoms with Gasteiger partial charge in [-0.25, -0.2) is 4.39 Å². The van der Waals surface area contributed by atoms with E-state index < -0.39 is 5.97 Å². The lowest BCUT2D eigenvalue weighted by atomic mass is 10.2. The number of rotatable bonds is 8. The van der Waals surface area contributed by atoms with E-state index in [-0.39, 0.29) is 18.1 Å². The third-order valence-electron chi connectivity index (χ3n) is 4.25. The van der Waals surface area contributed by atoms with Crippen LogP contribution in [0, 0.1) is 5.82 Å². The summed E-state index contributed by atoms with van der Waals surface area (Å²) in [5.41, 5.74) is 0.597. The zero-order valence-electron chi connectivity index (χ0n) is 15.2. The number of unbranched alkanes of at least 4 members (excludes halogenated alkanes) is 2. The van der Waals surface area contributed by atoms with Crippen molar-refractivity contribution in [2.75, 3.05) is 6.54 Å². The largest absolute Gasteiger partial charge is 0.481 e. The molecule has 1 amide bonds. The van der Waals surface area contributed by atoms with Crippen LogP contribution in [0.2, 0.25) is 0 Å². The average molecular weight is 498 g/mol. The van der Waals surface area contributed by atoms with E-state index in [1.807, 2.05) is 0 Å². The van der Waals surface area contributed by atoms with Gasteiger partial charge in [0, 0.05) is 24.6 Å². The van der Waals surface area contributed by atoms with Gasteiger partial charge in [-0.1, -0.05) is 30.4 Å². The number of hydrogen-bond acceptors (Lipinski definition) is 5. The number of amides is 1. The van der Waals surface area contributed by atoms with Gasteiger partial charge in [-0.2, -0.15) is 0 Å². The lowest BCUT2D eigenvalue weighted by Gasteiger charge is -2.13. The molecule has 0 aliphatic carbocycles. The first-order valence-corrected chi connectivity index (χ1v) is 10.9. The molecule has 5 nitrogen and oxygen atoms in total. The first-order valence-electron chi connectivity index (χ1n) is 8.87. The zero-order chi connectivity index (χ0) is 21.0. The minimum absolute atomic E-state index is 0.126. The van der Waals surface area contributed by atoms with Crippen LogP contribution in [0.4, 0.5) is 4.39 Å². The molecular formula is C20H17BrFNO4S2. The lowest BCUT2D eigenvalue weighted by molar-refractivity contribution is -0.137. The fourth-order valence-electron chi connectivity index (χ4n) is 2.78. The van der Waals surface area contributed by atoms with E-state index in [0.29, 0.717) is 56.6 Å².